The number of carbonyl (C=O) groups is 1. The Morgan fingerprint density at radius 2 is 2.31 bits per heavy atom. The zero-order chi connectivity index (χ0) is 18.6. The Kier molecular flexibility index (Phi) is 5.57. The summed E-state index contributed by atoms with van der Waals surface area (Å²) in [5.74, 6) is -0.165. The molecule has 0 unspecified atom stereocenters. The van der Waals surface area contributed by atoms with E-state index in [4.69, 9.17) is 4.84 Å². The van der Waals surface area contributed by atoms with Crippen LogP contribution >= 0.6 is 0 Å². The number of nitrogens with one attached hydrogen (secondary N) is 1. The lowest BCUT2D eigenvalue weighted by Gasteiger charge is -2.37. The zero-order valence-electron chi connectivity index (χ0n) is 14.8. The number of amides is 1. The van der Waals surface area contributed by atoms with Crippen LogP contribution in [0.1, 0.15) is 38.2 Å². The number of oxime groups is 1. The summed E-state index contributed by atoms with van der Waals surface area (Å²) in [7, 11) is -3.29. The van der Waals surface area contributed by atoms with Crippen LogP contribution in [0.15, 0.2) is 29.7 Å². The van der Waals surface area contributed by atoms with E-state index in [0.717, 1.165) is 5.56 Å². The van der Waals surface area contributed by atoms with E-state index in [0.29, 0.717) is 44.5 Å². The predicted octanol–water partition coefficient (Wildman–Crippen LogP) is 1.05. The van der Waals surface area contributed by atoms with Crippen LogP contribution in [-0.4, -0.2) is 53.8 Å². The number of rotatable bonds is 6. The van der Waals surface area contributed by atoms with E-state index < -0.39 is 15.6 Å². The third kappa shape index (κ3) is 4.21. The van der Waals surface area contributed by atoms with Gasteiger partial charge in [-0.1, -0.05) is 18.1 Å². The van der Waals surface area contributed by atoms with E-state index in [1.165, 1.54) is 4.31 Å². The molecule has 0 aliphatic carbocycles. The van der Waals surface area contributed by atoms with Gasteiger partial charge in [-0.05, 0) is 30.9 Å². The Hall–Kier alpha value is -2.00. The summed E-state index contributed by atoms with van der Waals surface area (Å²) in [5, 5.41) is 6.76. The second kappa shape index (κ2) is 7.71. The van der Waals surface area contributed by atoms with Crippen molar-refractivity contribution in [2.24, 2.45) is 5.16 Å². The van der Waals surface area contributed by atoms with Crippen molar-refractivity contribution in [1.29, 1.82) is 0 Å². The highest BCUT2D eigenvalue weighted by molar-refractivity contribution is 7.89. The molecular formula is C17H24N4O4S. The van der Waals surface area contributed by atoms with Crippen molar-refractivity contribution in [1.82, 2.24) is 14.6 Å². The Balaban J connectivity index is 1.58. The van der Waals surface area contributed by atoms with Gasteiger partial charge in [0.25, 0.3) is 5.91 Å². The highest BCUT2D eigenvalue weighted by Crippen LogP contribution is 2.34. The van der Waals surface area contributed by atoms with E-state index in [-0.39, 0.29) is 18.2 Å². The van der Waals surface area contributed by atoms with Crippen LogP contribution in [0.25, 0.3) is 0 Å². The van der Waals surface area contributed by atoms with E-state index >= 15 is 0 Å². The first kappa shape index (κ1) is 18.8. The van der Waals surface area contributed by atoms with Crippen molar-refractivity contribution in [2.75, 3.05) is 18.8 Å². The molecule has 1 N–H and O–H groups in total. The van der Waals surface area contributed by atoms with Gasteiger partial charge in [0.2, 0.25) is 10.0 Å². The van der Waals surface area contributed by atoms with E-state index in [2.05, 4.69) is 15.5 Å². The fraction of sp³-hybridized carbons (Fsp3) is 0.588. The number of aromatic nitrogens is 1. The molecule has 3 heterocycles. The van der Waals surface area contributed by atoms with Gasteiger partial charge in [-0.25, -0.2) is 8.42 Å². The predicted molar refractivity (Wildman–Crippen MR) is 96.8 cm³/mol. The summed E-state index contributed by atoms with van der Waals surface area (Å²) in [6, 6.07) is 3.68. The van der Waals surface area contributed by atoms with Gasteiger partial charge in [0.15, 0.2) is 5.60 Å². The van der Waals surface area contributed by atoms with Gasteiger partial charge in [-0.3, -0.25) is 9.78 Å². The van der Waals surface area contributed by atoms with Gasteiger partial charge >= 0.3 is 0 Å². The van der Waals surface area contributed by atoms with Gasteiger partial charge in [0.1, 0.15) is 5.71 Å². The zero-order valence-corrected chi connectivity index (χ0v) is 15.7. The Morgan fingerprint density at radius 1 is 1.46 bits per heavy atom. The average Bonchev–Trinajstić information content (AvgIpc) is 3.04. The average molecular weight is 380 g/mol. The molecule has 0 bridgehead atoms. The Morgan fingerprint density at radius 3 is 3.04 bits per heavy atom. The minimum atomic E-state index is -3.29. The van der Waals surface area contributed by atoms with E-state index in [1.54, 1.807) is 18.5 Å². The molecule has 1 aromatic heterocycles. The number of nitrogens with zero attached hydrogens (tertiary/aromatic N) is 3. The second-order valence-corrected chi connectivity index (χ2v) is 8.87. The van der Waals surface area contributed by atoms with Crippen molar-refractivity contribution in [2.45, 2.75) is 44.8 Å². The molecule has 1 aromatic rings. The summed E-state index contributed by atoms with van der Waals surface area (Å²) in [6.45, 7) is 2.95. The first-order valence-electron chi connectivity index (χ1n) is 8.84. The smallest absolute Gasteiger partial charge is 0.269 e. The van der Waals surface area contributed by atoms with Crippen LogP contribution in [-0.2, 0) is 26.2 Å². The first-order chi connectivity index (χ1) is 12.4. The summed E-state index contributed by atoms with van der Waals surface area (Å²) < 4.78 is 26.2. The molecule has 9 heteroatoms. The summed E-state index contributed by atoms with van der Waals surface area (Å²) >= 11 is 0. The number of piperidine rings is 1. The molecule has 8 nitrogen and oxygen atoms in total. The molecule has 0 aromatic carbocycles. The molecule has 1 spiro atoms. The van der Waals surface area contributed by atoms with Gasteiger partial charge in [0.05, 0.1) is 12.3 Å². The normalized spacial score (nSPS) is 23.5. The quantitative estimate of drug-likeness (QED) is 0.795. The maximum atomic E-state index is 12.4. The fourth-order valence-electron chi connectivity index (χ4n) is 3.33. The van der Waals surface area contributed by atoms with E-state index in [1.807, 2.05) is 13.0 Å². The highest BCUT2D eigenvalue weighted by atomic mass is 32.2. The lowest BCUT2D eigenvalue weighted by atomic mass is 9.89. The number of hydrogen-bond donors (Lipinski definition) is 1. The summed E-state index contributed by atoms with van der Waals surface area (Å²) in [4.78, 5) is 21.9. The van der Waals surface area contributed by atoms with Gasteiger partial charge in [-0.2, -0.15) is 4.31 Å². The Bertz CT molecular complexity index is 781. The van der Waals surface area contributed by atoms with Gasteiger partial charge in [0, 0.05) is 31.9 Å². The van der Waals surface area contributed by atoms with Crippen LogP contribution in [0, 0.1) is 0 Å². The number of pyridine rings is 1. The molecule has 26 heavy (non-hydrogen) atoms. The topological polar surface area (TPSA) is 101 Å². The molecule has 1 saturated heterocycles. The molecule has 2 aliphatic heterocycles. The lowest BCUT2D eigenvalue weighted by molar-refractivity contribution is -0.115. The molecule has 0 radical (unpaired) electrons. The van der Waals surface area contributed by atoms with Crippen LogP contribution in [0.4, 0.5) is 0 Å². The monoisotopic (exact) mass is 380 g/mol. The largest absolute Gasteiger partial charge is 0.387 e. The minimum absolute atomic E-state index is 0.127. The number of carbonyl (C=O) groups excluding carboxylic acids is 1. The maximum Gasteiger partial charge on any atom is 0.269 e. The van der Waals surface area contributed by atoms with Crippen molar-refractivity contribution >= 4 is 21.6 Å². The fourth-order valence-corrected chi connectivity index (χ4v) is 4.94. The SMILES string of the molecule is CCCS(=O)(=O)N1CCC[C@@]2(CC(C(=O)NCc3cccnc3)=NO2)C1. The van der Waals surface area contributed by atoms with Gasteiger partial charge < -0.3 is 10.2 Å². The molecule has 3 rings (SSSR count). The highest BCUT2D eigenvalue weighted by Gasteiger charge is 2.46. The number of sulfonamides is 1. The van der Waals surface area contributed by atoms with Crippen molar-refractivity contribution < 1.29 is 18.0 Å². The number of hydrogen-bond acceptors (Lipinski definition) is 6. The molecule has 0 saturated carbocycles. The third-order valence-electron chi connectivity index (χ3n) is 4.64. The van der Waals surface area contributed by atoms with Crippen molar-refractivity contribution in [3.8, 4) is 0 Å². The molecule has 1 atom stereocenters. The minimum Gasteiger partial charge on any atom is -0.387 e. The molecular weight excluding hydrogens is 356 g/mol. The summed E-state index contributed by atoms with van der Waals surface area (Å²) in [5.41, 5.74) is 0.480. The second-order valence-electron chi connectivity index (χ2n) is 6.79. The summed E-state index contributed by atoms with van der Waals surface area (Å²) in [6.07, 6.45) is 5.64. The first-order valence-corrected chi connectivity index (χ1v) is 10.4. The third-order valence-corrected chi connectivity index (χ3v) is 6.66. The van der Waals surface area contributed by atoms with Crippen LogP contribution < -0.4 is 5.32 Å². The van der Waals surface area contributed by atoms with Crippen molar-refractivity contribution in [3.63, 3.8) is 0 Å². The van der Waals surface area contributed by atoms with Gasteiger partial charge in [-0.15, -0.1) is 0 Å². The van der Waals surface area contributed by atoms with Crippen molar-refractivity contribution in [3.05, 3.63) is 30.1 Å². The molecule has 1 amide bonds. The standard InChI is InChI=1S/C17H24N4O4S/c1-2-9-26(23,24)21-8-4-6-17(13-21)10-15(20-25-17)16(22)19-12-14-5-3-7-18-11-14/h3,5,7,11H,2,4,6,8-10,12-13H2,1H3,(H,19,22)/t17-/m1/s1. The molecule has 2 aliphatic rings. The lowest BCUT2D eigenvalue weighted by Crippen LogP contribution is -2.51. The molecule has 142 valence electrons. The Labute approximate surface area is 153 Å². The van der Waals surface area contributed by atoms with Crippen LogP contribution in [0.3, 0.4) is 0 Å². The van der Waals surface area contributed by atoms with Crippen LogP contribution in [0.2, 0.25) is 0 Å². The maximum absolute atomic E-state index is 12.4. The van der Waals surface area contributed by atoms with E-state index in [9.17, 15) is 13.2 Å². The van der Waals surface area contributed by atoms with Crippen LogP contribution in [0.5, 0.6) is 0 Å². The molecule has 1 fully saturated rings.